The summed E-state index contributed by atoms with van der Waals surface area (Å²) >= 11 is 0. The molecule has 1 saturated heterocycles. The fraction of sp³-hybridized carbons (Fsp3) is 1.00. The van der Waals surface area contributed by atoms with Crippen LogP contribution in [0.4, 0.5) is 0 Å². The Morgan fingerprint density at radius 1 is 0.826 bits per heavy atom. The van der Waals surface area contributed by atoms with Crippen LogP contribution in [0.25, 0.3) is 0 Å². The molecule has 0 aliphatic carbocycles. The average molecular weight is 350 g/mol. The van der Waals surface area contributed by atoms with Gasteiger partial charge in [-0.1, -0.05) is 0 Å². The summed E-state index contributed by atoms with van der Waals surface area (Å²) in [6, 6.07) is 0. The number of aliphatic hydroxyl groups is 9. The van der Waals surface area contributed by atoms with E-state index in [4.69, 9.17) is 24.8 Å². The fourth-order valence-electron chi connectivity index (χ4n) is 2.16. The number of hydrogen-bond acceptors (Lipinski definition) is 11. The molecule has 1 aliphatic heterocycles. The predicted molar refractivity (Wildman–Crippen MR) is 70.8 cm³/mol. The Kier molecular flexibility index (Phi) is 8.20. The molecule has 0 radical (unpaired) electrons. The summed E-state index contributed by atoms with van der Waals surface area (Å²) in [5.41, 5.74) is 0. The summed E-state index contributed by atoms with van der Waals surface area (Å²) in [6.07, 6.45) is -15.1. The molecule has 0 saturated carbocycles. The first-order valence-electron chi connectivity index (χ1n) is 7.00. The molecule has 0 bridgehead atoms. The highest BCUT2D eigenvalue weighted by molar-refractivity contribution is 4.91. The van der Waals surface area contributed by atoms with Crippen LogP contribution in [-0.2, 0) is 9.47 Å². The van der Waals surface area contributed by atoms with E-state index in [9.17, 15) is 30.6 Å². The third-order valence-corrected chi connectivity index (χ3v) is 3.62. The van der Waals surface area contributed by atoms with Gasteiger partial charge in [0, 0.05) is 0 Å². The van der Waals surface area contributed by atoms with Gasteiger partial charge in [-0.05, 0) is 0 Å². The second-order valence-corrected chi connectivity index (χ2v) is 5.29. The fourth-order valence-corrected chi connectivity index (χ4v) is 2.16. The molecule has 9 N–H and O–H groups in total. The quantitative estimate of drug-likeness (QED) is 0.189. The molecule has 1 aliphatic rings. The summed E-state index contributed by atoms with van der Waals surface area (Å²) in [7, 11) is 0. The molecule has 0 spiro atoms. The van der Waals surface area contributed by atoms with Gasteiger partial charge < -0.3 is 55.4 Å². The van der Waals surface area contributed by atoms with Gasteiger partial charge in [0.25, 0.3) is 0 Å². The van der Waals surface area contributed by atoms with Gasteiger partial charge in [0.05, 0.1) is 19.8 Å². The molecule has 0 aromatic carbocycles. The minimum absolute atomic E-state index is 0.708. The van der Waals surface area contributed by atoms with E-state index in [1.54, 1.807) is 0 Å². The first kappa shape index (κ1) is 20.6. The molecular weight excluding hydrogens is 326 g/mol. The van der Waals surface area contributed by atoms with E-state index in [2.05, 4.69) is 0 Å². The molecule has 23 heavy (non-hydrogen) atoms. The molecule has 1 unspecified atom stereocenters. The van der Waals surface area contributed by atoms with Crippen LogP contribution in [0.2, 0.25) is 0 Å². The van der Waals surface area contributed by atoms with Crippen molar-refractivity contribution in [3.05, 3.63) is 0 Å². The largest absolute Gasteiger partial charge is 0.394 e. The maximum absolute atomic E-state index is 9.83. The minimum Gasteiger partial charge on any atom is -0.394 e. The Balaban J connectivity index is 2.89. The number of ether oxygens (including phenoxy) is 2. The first-order valence-corrected chi connectivity index (χ1v) is 7.00. The van der Waals surface area contributed by atoms with Crippen molar-refractivity contribution in [2.24, 2.45) is 0 Å². The lowest BCUT2D eigenvalue weighted by atomic mass is 9.99. The maximum Gasteiger partial charge on any atom is 0.187 e. The molecule has 1 heterocycles. The van der Waals surface area contributed by atoms with Crippen LogP contribution in [0.1, 0.15) is 0 Å². The second-order valence-electron chi connectivity index (χ2n) is 5.29. The zero-order valence-electron chi connectivity index (χ0n) is 12.2. The van der Waals surface area contributed by atoms with Crippen molar-refractivity contribution < 1.29 is 55.4 Å². The monoisotopic (exact) mass is 350 g/mol. The Morgan fingerprint density at radius 3 is 1.87 bits per heavy atom. The highest BCUT2D eigenvalue weighted by atomic mass is 16.8. The van der Waals surface area contributed by atoms with Crippen molar-refractivity contribution in [2.45, 2.75) is 55.1 Å². The summed E-state index contributed by atoms with van der Waals surface area (Å²) in [6.45, 7) is -2.45. The molecule has 9 atom stereocenters. The summed E-state index contributed by atoms with van der Waals surface area (Å²) in [5.74, 6) is 0. The van der Waals surface area contributed by atoms with Gasteiger partial charge in [-0.3, -0.25) is 0 Å². The van der Waals surface area contributed by atoms with E-state index < -0.39 is 74.9 Å². The van der Waals surface area contributed by atoms with E-state index in [0.717, 1.165) is 0 Å². The molecule has 0 amide bonds. The van der Waals surface area contributed by atoms with E-state index in [1.807, 2.05) is 0 Å². The lowest BCUT2D eigenvalue weighted by Crippen LogP contribution is -2.61. The second kappa shape index (κ2) is 9.15. The van der Waals surface area contributed by atoms with E-state index in [0.29, 0.717) is 0 Å². The van der Waals surface area contributed by atoms with Gasteiger partial charge in [0.1, 0.15) is 48.8 Å². The van der Waals surface area contributed by atoms with Crippen molar-refractivity contribution in [1.82, 2.24) is 0 Å². The average Bonchev–Trinajstić information content (AvgIpc) is 2.57. The van der Waals surface area contributed by atoms with Crippen molar-refractivity contribution in [2.75, 3.05) is 19.8 Å². The van der Waals surface area contributed by atoms with Crippen LogP contribution in [0.3, 0.4) is 0 Å². The smallest absolute Gasteiger partial charge is 0.187 e. The molecule has 11 heteroatoms. The lowest BCUT2D eigenvalue weighted by molar-refractivity contribution is -0.327. The first-order chi connectivity index (χ1) is 10.8. The summed E-state index contributed by atoms with van der Waals surface area (Å²) in [5, 5.41) is 84.9. The van der Waals surface area contributed by atoms with Crippen LogP contribution in [0, 0.1) is 0 Å². The minimum atomic E-state index is -1.85. The Bertz CT molecular complexity index is 341. The van der Waals surface area contributed by atoms with Crippen molar-refractivity contribution in [3.8, 4) is 0 Å². The van der Waals surface area contributed by atoms with Gasteiger partial charge in [-0.15, -0.1) is 0 Å². The standard InChI is InChI=1S/C12H24O11/c13-1-4(16)7(18)11(5(17)2-14)23-12-10(21)9(20)8(19)6(3-15)22-12/h4-21H,1-3H2/t4?,5-,6-,7-,8+,9+,10-,11+,12+/m1/s1/i1+1,2+1,4+1,5+1,7+1,11+1. The molecule has 1 rings (SSSR count). The third kappa shape index (κ3) is 4.78. The SMILES string of the molecule is OC[C@H]1O[C@@H](O[13C@@H]([13C@H](O)[13CH2]O)[13C@H](O)[13CH](O)[13CH2]O)[C@H](O)[C@@H](O)[C@H]1O. The topological polar surface area (TPSA) is 201 Å². The van der Waals surface area contributed by atoms with Crippen LogP contribution in [-0.4, -0.2) is 121 Å². The van der Waals surface area contributed by atoms with E-state index >= 15 is 0 Å². The van der Waals surface area contributed by atoms with Gasteiger partial charge in [0.2, 0.25) is 0 Å². The summed E-state index contributed by atoms with van der Waals surface area (Å²) < 4.78 is 10.1. The molecule has 1 fully saturated rings. The Hall–Kier alpha value is -0.440. The van der Waals surface area contributed by atoms with Crippen LogP contribution >= 0.6 is 0 Å². The lowest BCUT2D eigenvalue weighted by Gasteiger charge is -2.42. The number of rotatable bonds is 8. The molecule has 138 valence electrons. The van der Waals surface area contributed by atoms with Gasteiger partial charge in [-0.25, -0.2) is 0 Å². The Morgan fingerprint density at radius 2 is 1.39 bits per heavy atom. The third-order valence-electron chi connectivity index (χ3n) is 3.62. The molecule has 11 nitrogen and oxygen atoms in total. The normalized spacial score (nSPS) is 37.2. The number of aliphatic hydroxyl groups excluding tert-OH is 9. The van der Waals surface area contributed by atoms with Crippen LogP contribution < -0.4 is 0 Å². The van der Waals surface area contributed by atoms with E-state index in [-0.39, 0.29) is 0 Å². The predicted octanol–water partition coefficient (Wildman–Crippen LogP) is -5.76. The highest BCUT2D eigenvalue weighted by Crippen LogP contribution is 2.24. The van der Waals surface area contributed by atoms with E-state index in [1.165, 1.54) is 0 Å². The summed E-state index contributed by atoms with van der Waals surface area (Å²) in [4.78, 5) is 0. The maximum atomic E-state index is 9.83. The number of hydrogen-bond donors (Lipinski definition) is 9. The van der Waals surface area contributed by atoms with Crippen molar-refractivity contribution in [3.63, 3.8) is 0 Å². The van der Waals surface area contributed by atoms with Crippen LogP contribution in [0.5, 0.6) is 0 Å². The van der Waals surface area contributed by atoms with Crippen molar-refractivity contribution >= 4 is 0 Å². The van der Waals surface area contributed by atoms with Gasteiger partial charge in [0.15, 0.2) is 6.29 Å². The van der Waals surface area contributed by atoms with Gasteiger partial charge >= 0.3 is 0 Å². The van der Waals surface area contributed by atoms with Crippen molar-refractivity contribution in [1.29, 1.82) is 0 Å². The zero-order chi connectivity index (χ0) is 17.7. The highest BCUT2D eigenvalue weighted by Gasteiger charge is 2.46. The molecular formula is C12H24O11. The molecule has 0 aromatic rings. The Labute approximate surface area is 131 Å². The molecule has 0 aromatic heterocycles. The zero-order valence-corrected chi connectivity index (χ0v) is 12.2. The van der Waals surface area contributed by atoms with Crippen LogP contribution in [0.15, 0.2) is 0 Å². The van der Waals surface area contributed by atoms with Gasteiger partial charge in [-0.2, -0.15) is 0 Å².